The molecule has 1 aliphatic heterocycles. The zero-order valence-electron chi connectivity index (χ0n) is 13.3. The van der Waals surface area contributed by atoms with Gasteiger partial charge in [0, 0.05) is 24.8 Å². The molecule has 1 aromatic heterocycles. The first-order chi connectivity index (χ1) is 10.7. The van der Waals surface area contributed by atoms with Gasteiger partial charge in [-0.2, -0.15) is 0 Å². The van der Waals surface area contributed by atoms with E-state index in [1.807, 2.05) is 19.1 Å². The molecule has 4 nitrogen and oxygen atoms in total. The van der Waals surface area contributed by atoms with E-state index in [9.17, 15) is 0 Å². The second-order valence-corrected chi connectivity index (χ2v) is 6.00. The van der Waals surface area contributed by atoms with E-state index in [1.165, 1.54) is 18.4 Å². The molecular formula is C18H23N3O. The molecule has 0 unspecified atom stereocenters. The van der Waals surface area contributed by atoms with Crippen LogP contribution in [0.15, 0.2) is 36.7 Å². The van der Waals surface area contributed by atoms with Crippen LogP contribution in [0.5, 0.6) is 5.75 Å². The number of aryl methyl sites for hydroxylation is 1. The number of anilines is 1. The van der Waals surface area contributed by atoms with Gasteiger partial charge in [-0.1, -0.05) is 12.1 Å². The summed E-state index contributed by atoms with van der Waals surface area (Å²) in [7, 11) is 1.71. The van der Waals surface area contributed by atoms with Gasteiger partial charge in [0.2, 0.25) is 0 Å². The summed E-state index contributed by atoms with van der Waals surface area (Å²) in [4.78, 5) is 10.9. The highest BCUT2D eigenvalue weighted by atomic mass is 16.5. The lowest BCUT2D eigenvalue weighted by Crippen LogP contribution is -2.34. The molecule has 3 rings (SSSR count). The van der Waals surface area contributed by atoms with Gasteiger partial charge < -0.3 is 9.64 Å². The molecule has 2 heterocycles. The predicted molar refractivity (Wildman–Crippen MR) is 88.4 cm³/mol. The molecule has 1 aliphatic rings. The Morgan fingerprint density at radius 3 is 2.50 bits per heavy atom. The van der Waals surface area contributed by atoms with Gasteiger partial charge in [0.25, 0.3) is 0 Å². The van der Waals surface area contributed by atoms with E-state index in [1.54, 1.807) is 13.4 Å². The molecule has 0 atom stereocenters. The van der Waals surface area contributed by atoms with Crippen molar-refractivity contribution in [1.82, 2.24) is 9.97 Å². The zero-order valence-corrected chi connectivity index (χ0v) is 13.3. The maximum absolute atomic E-state index is 5.21. The number of hydrogen-bond acceptors (Lipinski definition) is 4. The summed E-state index contributed by atoms with van der Waals surface area (Å²) in [6, 6.07) is 10.5. The van der Waals surface area contributed by atoms with Crippen LogP contribution in [0.1, 0.15) is 24.1 Å². The Hall–Kier alpha value is -2.10. The standard InChI is InChI=1S/C18H23N3O/c1-14-11-18(20-13-19-14)21-9-7-16(8-10-21)12-15-3-5-17(22-2)6-4-15/h3-6,11,13,16H,7-10,12H2,1-2H3. The van der Waals surface area contributed by atoms with Crippen molar-refractivity contribution in [3.05, 3.63) is 47.9 Å². The first kappa shape index (κ1) is 14.8. The van der Waals surface area contributed by atoms with E-state index in [0.717, 1.165) is 42.7 Å². The van der Waals surface area contributed by atoms with Crippen molar-refractivity contribution >= 4 is 5.82 Å². The average Bonchev–Trinajstić information content (AvgIpc) is 2.56. The van der Waals surface area contributed by atoms with Crippen LogP contribution in [0.25, 0.3) is 0 Å². The Bertz CT molecular complexity index is 604. The molecule has 1 saturated heterocycles. The third-order valence-electron chi connectivity index (χ3n) is 4.41. The third kappa shape index (κ3) is 3.56. The Morgan fingerprint density at radius 1 is 1.14 bits per heavy atom. The molecule has 116 valence electrons. The second kappa shape index (κ2) is 6.77. The normalized spacial score (nSPS) is 15.8. The number of benzene rings is 1. The maximum atomic E-state index is 5.21. The van der Waals surface area contributed by atoms with Gasteiger partial charge in [-0.05, 0) is 49.8 Å². The topological polar surface area (TPSA) is 38.2 Å². The molecule has 0 saturated carbocycles. The number of piperidine rings is 1. The van der Waals surface area contributed by atoms with E-state index >= 15 is 0 Å². The van der Waals surface area contributed by atoms with Crippen molar-refractivity contribution in [2.45, 2.75) is 26.2 Å². The quantitative estimate of drug-likeness (QED) is 0.868. The average molecular weight is 297 g/mol. The minimum absolute atomic E-state index is 0.757. The molecule has 2 aromatic rings. The highest BCUT2D eigenvalue weighted by Crippen LogP contribution is 2.25. The Morgan fingerprint density at radius 2 is 1.86 bits per heavy atom. The molecule has 0 N–H and O–H groups in total. The zero-order chi connectivity index (χ0) is 15.4. The van der Waals surface area contributed by atoms with Crippen LogP contribution in [-0.4, -0.2) is 30.2 Å². The molecule has 22 heavy (non-hydrogen) atoms. The van der Waals surface area contributed by atoms with Gasteiger partial charge in [0.05, 0.1) is 7.11 Å². The van der Waals surface area contributed by atoms with Gasteiger partial charge in [-0.15, -0.1) is 0 Å². The van der Waals surface area contributed by atoms with E-state index in [-0.39, 0.29) is 0 Å². The summed E-state index contributed by atoms with van der Waals surface area (Å²) in [5, 5.41) is 0. The summed E-state index contributed by atoms with van der Waals surface area (Å²) in [5.41, 5.74) is 2.43. The summed E-state index contributed by atoms with van der Waals surface area (Å²) in [5.74, 6) is 2.75. The van der Waals surface area contributed by atoms with Crippen LogP contribution in [0, 0.1) is 12.8 Å². The number of methoxy groups -OCH3 is 1. The lowest BCUT2D eigenvalue weighted by atomic mass is 9.90. The van der Waals surface area contributed by atoms with Crippen LogP contribution >= 0.6 is 0 Å². The highest BCUT2D eigenvalue weighted by molar-refractivity contribution is 5.39. The molecule has 4 heteroatoms. The molecule has 0 amide bonds. The molecule has 1 aromatic carbocycles. The molecule has 1 fully saturated rings. The third-order valence-corrected chi connectivity index (χ3v) is 4.41. The largest absolute Gasteiger partial charge is 0.497 e. The van der Waals surface area contributed by atoms with Crippen molar-refractivity contribution in [3.8, 4) is 5.75 Å². The highest BCUT2D eigenvalue weighted by Gasteiger charge is 2.20. The molecule has 0 radical (unpaired) electrons. The Balaban J connectivity index is 1.55. The monoisotopic (exact) mass is 297 g/mol. The number of aromatic nitrogens is 2. The maximum Gasteiger partial charge on any atom is 0.132 e. The first-order valence-electron chi connectivity index (χ1n) is 7.91. The van der Waals surface area contributed by atoms with E-state index in [2.05, 4.69) is 33.1 Å². The number of hydrogen-bond donors (Lipinski definition) is 0. The summed E-state index contributed by atoms with van der Waals surface area (Å²) >= 11 is 0. The lowest BCUT2D eigenvalue weighted by Gasteiger charge is -2.33. The fourth-order valence-electron chi connectivity index (χ4n) is 3.07. The van der Waals surface area contributed by atoms with Crippen LogP contribution in [-0.2, 0) is 6.42 Å². The summed E-state index contributed by atoms with van der Waals surface area (Å²) in [6.45, 7) is 4.18. The SMILES string of the molecule is COc1ccc(CC2CCN(c3cc(C)ncn3)CC2)cc1. The first-order valence-corrected chi connectivity index (χ1v) is 7.91. The number of rotatable bonds is 4. The van der Waals surface area contributed by atoms with E-state index in [4.69, 9.17) is 4.74 Å². The second-order valence-electron chi connectivity index (χ2n) is 6.00. The van der Waals surface area contributed by atoms with Crippen LogP contribution < -0.4 is 9.64 Å². The molecular weight excluding hydrogens is 274 g/mol. The summed E-state index contributed by atoms with van der Waals surface area (Å²) < 4.78 is 5.21. The van der Waals surface area contributed by atoms with E-state index in [0.29, 0.717) is 0 Å². The minimum Gasteiger partial charge on any atom is -0.497 e. The minimum atomic E-state index is 0.757. The van der Waals surface area contributed by atoms with Crippen molar-refractivity contribution in [2.75, 3.05) is 25.1 Å². The molecule has 0 spiro atoms. The molecule has 0 aliphatic carbocycles. The summed E-state index contributed by atoms with van der Waals surface area (Å²) in [6.07, 6.45) is 5.25. The van der Waals surface area contributed by atoms with Crippen molar-refractivity contribution in [2.24, 2.45) is 5.92 Å². The van der Waals surface area contributed by atoms with Gasteiger partial charge >= 0.3 is 0 Å². The van der Waals surface area contributed by atoms with E-state index < -0.39 is 0 Å². The van der Waals surface area contributed by atoms with Crippen molar-refractivity contribution in [3.63, 3.8) is 0 Å². The molecule has 0 bridgehead atoms. The van der Waals surface area contributed by atoms with Gasteiger partial charge in [-0.3, -0.25) is 0 Å². The fourth-order valence-corrected chi connectivity index (χ4v) is 3.07. The Labute approximate surface area is 132 Å². The van der Waals surface area contributed by atoms with Gasteiger partial charge in [0.1, 0.15) is 17.9 Å². The number of ether oxygens (including phenoxy) is 1. The fraction of sp³-hybridized carbons (Fsp3) is 0.444. The smallest absolute Gasteiger partial charge is 0.132 e. The van der Waals surface area contributed by atoms with Crippen LogP contribution in [0.4, 0.5) is 5.82 Å². The number of nitrogens with zero attached hydrogens (tertiary/aromatic N) is 3. The van der Waals surface area contributed by atoms with Crippen LogP contribution in [0.3, 0.4) is 0 Å². The van der Waals surface area contributed by atoms with Crippen LogP contribution in [0.2, 0.25) is 0 Å². The lowest BCUT2D eigenvalue weighted by molar-refractivity contribution is 0.400. The van der Waals surface area contributed by atoms with Crippen molar-refractivity contribution < 1.29 is 4.74 Å². The Kier molecular flexibility index (Phi) is 4.56. The predicted octanol–water partition coefficient (Wildman–Crippen LogP) is 3.25. The van der Waals surface area contributed by atoms with Gasteiger partial charge in [0.15, 0.2) is 0 Å². The van der Waals surface area contributed by atoms with Gasteiger partial charge in [-0.25, -0.2) is 9.97 Å². The van der Waals surface area contributed by atoms with Crippen molar-refractivity contribution in [1.29, 1.82) is 0 Å².